The van der Waals surface area contributed by atoms with E-state index in [0.717, 1.165) is 4.88 Å². The van der Waals surface area contributed by atoms with Crippen molar-refractivity contribution in [1.29, 1.82) is 0 Å². The maximum Gasteiger partial charge on any atom is 0.308 e. The van der Waals surface area contributed by atoms with Gasteiger partial charge in [-0.2, -0.15) is 0 Å². The Morgan fingerprint density at radius 2 is 1.70 bits per heavy atom. The quantitative estimate of drug-likeness (QED) is 0.233. The van der Waals surface area contributed by atoms with Gasteiger partial charge in [0.25, 0.3) is 11.6 Å². The molecule has 1 aromatic carbocycles. The number of hydrogen-bond acceptors (Lipinski definition) is 8. The monoisotopic (exact) mass is 475 g/mol. The van der Waals surface area contributed by atoms with Gasteiger partial charge in [-0.3, -0.25) is 29.3 Å². The lowest BCUT2D eigenvalue weighted by Crippen LogP contribution is -2.34. The Hall–Kier alpha value is -3.60. The third-order valence-corrected chi connectivity index (χ3v) is 5.49. The van der Waals surface area contributed by atoms with Gasteiger partial charge in [0.1, 0.15) is 0 Å². The van der Waals surface area contributed by atoms with Gasteiger partial charge in [-0.15, -0.1) is 11.3 Å². The van der Waals surface area contributed by atoms with Crippen LogP contribution in [0.4, 0.5) is 5.69 Å². The Morgan fingerprint density at radius 3 is 2.30 bits per heavy atom. The fourth-order valence-corrected chi connectivity index (χ4v) is 3.33. The molecule has 33 heavy (non-hydrogen) atoms. The van der Waals surface area contributed by atoms with Gasteiger partial charge in [-0.1, -0.05) is 20.8 Å². The molecule has 0 aliphatic heterocycles. The minimum Gasteiger partial charge on any atom is -0.457 e. The van der Waals surface area contributed by atoms with Crippen LogP contribution in [0, 0.1) is 15.5 Å². The highest BCUT2D eigenvalue weighted by Crippen LogP contribution is 2.19. The van der Waals surface area contributed by atoms with E-state index in [1.54, 1.807) is 32.9 Å². The number of carbonyl (C=O) groups excluding carboxylic acids is 4. The molecule has 0 unspecified atom stereocenters. The van der Waals surface area contributed by atoms with E-state index in [0.29, 0.717) is 11.4 Å². The van der Waals surface area contributed by atoms with Gasteiger partial charge in [0, 0.05) is 34.5 Å². The summed E-state index contributed by atoms with van der Waals surface area (Å²) in [5.74, 6) is -1.60. The molecule has 2 amide bonds. The summed E-state index contributed by atoms with van der Waals surface area (Å²) >= 11 is 1.21. The van der Waals surface area contributed by atoms with Crippen molar-refractivity contribution >= 4 is 40.6 Å². The normalized spacial score (nSPS) is 10.9. The van der Waals surface area contributed by atoms with Crippen molar-refractivity contribution in [2.24, 2.45) is 5.41 Å². The first kappa shape index (κ1) is 25.7. The number of nitro benzene ring substituents is 1. The van der Waals surface area contributed by atoms with E-state index in [1.165, 1.54) is 35.6 Å². The van der Waals surface area contributed by atoms with Crippen LogP contribution < -0.4 is 10.6 Å². The fraction of sp³-hybridized carbons (Fsp3) is 0.364. The Bertz CT molecular complexity index is 1040. The summed E-state index contributed by atoms with van der Waals surface area (Å²) in [6, 6.07) is 8.40. The molecule has 0 fully saturated rings. The number of thiophene rings is 1. The molecule has 0 spiro atoms. The van der Waals surface area contributed by atoms with Crippen molar-refractivity contribution in [1.82, 2.24) is 10.6 Å². The van der Waals surface area contributed by atoms with E-state index in [2.05, 4.69) is 10.6 Å². The number of nitro groups is 1. The van der Waals surface area contributed by atoms with Crippen molar-refractivity contribution in [3.63, 3.8) is 0 Å². The Morgan fingerprint density at radius 1 is 1.03 bits per heavy atom. The maximum atomic E-state index is 12.2. The van der Waals surface area contributed by atoms with E-state index in [4.69, 9.17) is 4.74 Å². The molecule has 0 saturated carbocycles. The number of carbonyl (C=O) groups is 4. The van der Waals surface area contributed by atoms with Gasteiger partial charge in [0.2, 0.25) is 11.7 Å². The standard InChI is InChI=1S/C22H25N3O7S/c1-22(2,3)21(29)24-12-16-8-9-18(33-16)17(26)13-32-19(27)10-11-23-20(28)14-4-6-15(7-5-14)25(30)31/h4-9H,10-13H2,1-3H3,(H,23,28)(H,24,29). The molecule has 0 atom stereocenters. The molecular formula is C22H25N3O7S. The summed E-state index contributed by atoms with van der Waals surface area (Å²) in [6.45, 7) is 5.29. The van der Waals surface area contributed by atoms with Crippen LogP contribution in [0.15, 0.2) is 36.4 Å². The molecule has 2 aromatic rings. The maximum absolute atomic E-state index is 12.2. The van der Waals surface area contributed by atoms with Gasteiger partial charge in [0.15, 0.2) is 6.61 Å². The topological polar surface area (TPSA) is 145 Å². The molecule has 1 aromatic heterocycles. The number of non-ortho nitro benzene ring substituents is 1. The first-order valence-corrected chi connectivity index (χ1v) is 10.9. The van der Waals surface area contributed by atoms with Crippen LogP contribution in [0.1, 0.15) is 52.1 Å². The van der Waals surface area contributed by atoms with E-state index >= 15 is 0 Å². The van der Waals surface area contributed by atoms with Gasteiger partial charge in [-0.05, 0) is 24.3 Å². The van der Waals surface area contributed by atoms with Crippen LogP contribution in [0.25, 0.3) is 0 Å². The van der Waals surface area contributed by atoms with Gasteiger partial charge in [0.05, 0.1) is 22.8 Å². The highest BCUT2D eigenvalue weighted by molar-refractivity contribution is 7.14. The Kier molecular flexibility index (Phi) is 8.80. The second-order valence-corrected chi connectivity index (χ2v) is 9.26. The van der Waals surface area contributed by atoms with Crippen LogP contribution in [-0.4, -0.2) is 41.6 Å². The van der Waals surface area contributed by atoms with Crippen LogP contribution >= 0.6 is 11.3 Å². The number of rotatable bonds is 10. The number of nitrogens with zero attached hydrogens (tertiary/aromatic N) is 1. The van der Waals surface area contributed by atoms with E-state index in [1.807, 2.05) is 0 Å². The van der Waals surface area contributed by atoms with E-state index in [9.17, 15) is 29.3 Å². The molecule has 2 N–H and O–H groups in total. The average Bonchev–Trinajstić information content (AvgIpc) is 3.24. The molecule has 0 aliphatic carbocycles. The molecule has 10 nitrogen and oxygen atoms in total. The summed E-state index contributed by atoms with van der Waals surface area (Å²) in [7, 11) is 0. The van der Waals surface area contributed by atoms with Crippen molar-refractivity contribution in [3.05, 3.63) is 61.8 Å². The molecule has 0 radical (unpaired) electrons. The predicted molar refractivity (Wildman–Crippen MR) is 121 cm³/mol. The van der Waals surface area contributed by atoms with Crippen LogP contribution in [0.5, 0.6) is 0 Å². The number of amides is 2. The third-order valence-electron chi connectivity index (χ3n) is 4.36. The lowest BCUT2D eigenvalue weighted by Gasteiger charge is -2.17. The van der Waals surface area contributed by atoms with E-state index in [-0.39, 0.29) is 35.9 Å². The number of esters is 1. The van der Waals surface area contributed by atoms with Crippen LogP contribution in [0.2, 0.25) is 0 Å². The Labute approximate surface area is 194 Å². The zero-order valence-electron chi connectivity index (χ0n) is 18.5. The number of benzene rings is 1. The molecule has 0 aliphatic rings. The third kappa shape index (κ3) is 8.11. The lowest BCUT2D eigenvalue weighted by atomic mass is 9.96. The molecule has 0 bridgehead atoms. The second-order valence-electron chi connectivity index (χ2n) is 8.09. The van der Waals surface area contributed by atoms with Crippen molar-refractivity contribution in [3.8, 4) is 0 Å². The number of ketones is 1. The Balaban J connectivity index is 1.71. The zero-order valence-corrected chi connectivity index (χ0v) is 19.3. The van der Waals surface area contributed by atoms with E-state index < -0.39 is 28.8 Å². The number of ether oxygens (including phenoxy) is 1. The summed E-state index contributed by atoms with van der Waals surface area (Å²) < 4.78 is 4.96. The summed E-state index contributed by atoms with van der Waals surface area (Å²) in [6.07, 6.45) is -0.138. The summed E-state index contributed by atoms with van der Waals surface area (Å²) in [4.78, 5) is 59.3. The minimum atomic E-state index is -0.651. The molecule has 176 valence electrons. The molecule has 11 heteroatoms. The summed E-state index contributed by atoms with van der Waals surface area (Å²) in [5.41, 5.74) is -0.422. The molecule has 2 rings (SSSR count). The predicted octanol–water partition coefficient (Wildman–Crippen LogP) is 2.86. The molecular weight excluding hydrogens is 450 g/mol. The van der Waals surface area contributed by atoms with Crippen molar-refractivity contribution < 1.29 is 28.8 Å². The van der Waals surface area contributed by atoms with Gasteiger partial charge < -0.3 is 15.4 Å². The van der Waals surface area contributed by atoms with Crippen LogP contribution in [0.3, 0.4) is 0 Å². The highest BCUT2D eigenvalue weighted by atomic mass is 32.1. The number of nitrogens with one attached hydrogen (secondary N) is 2. The van der Waals surface area contributed by atoms with Crippen molar-refractivity contribution in [2.75, 3.05) is 13.2 Å². The molecule has 0 saturated heterocycles. The second kappa shape index (κ2) is 11.3. The highest BCUT2D eigenvalue weighted by Gasteiger charge is 2.21. The summed E-state index contributed by atoms with van der Waals surface area (Å²) in [5, 5.41) is 15.9. The zero-order chi connectivity index (χ0) is 24.6. The minimum absolute atomic E-state index is 0.0144. The van der Waals surface area contributed by atoms with Gasteiger partial charge >= 0.3 is 5.97 Å². The SMILES string of the molecule is CC(C)(C)C(=O)NCc1ccc(C(=O)COC(=O)CCNC(=O)c2ccc([N+](=O)[O-])cc2)s1. The smallest absolute Gasteiger partial charge is 0.308 e. The first-order valence-electron chi connectivity index (χ1n) is 10.1. The fourth-order valence-electron chi connectivity index (χ4n) is 2.46. The van der Waals surface area contributed by atoms with Crippen LogP contribution in [-0.2, 0) is 20.9 Å². The average molecular weight is 476 g/mol. The van der Waals surface area contributed by atoms with Crippen molar-refractivity contribution in [2.45, 2.75) is 33.7 Å². The lowest BCUT2D eigenvalue weighted by molar-refractivity contribution is -0.384. The van der Waals surface area contributed by atoms with Gasteiger partial charge in [-0.25, -0.2) is 0 Å². The largest absolute Gasteiger partial charge is 0.457 e. The first-order chi connectivity index (χ1) is 15.5. The molecule has 1 heterocycles. The number of Topliss-reactive ketones (excluding diaryl/α,β-unsaturated/α-hetero) is 1. The number of hydrogen-bond donors (Lipinski definition) is 2.